The second kappa shape index (κ2) is 6.79. The predicted octanol–water partition coefficient (Wildman–Crippen LogP) is 1.68. The molecule has 6 nitrogen and oxygen atoms in total. The first-order chi connectivity index (χ1) is 9.66. The normalized spacial score (nSPS) is 12.2. The van der Waals surface area contributed by atoms with Crippen LogP contribution in [-0.2, 0) is 16.1 Å². The average Bonchev–Trinajstić information content (AvgIpc) is 2.90. The molecule has 0 unspecified atom stereocenters. The maximum absolute atomic E-state index is 11.6. The van der Waals surface area contributed by atoms with Gasteiger partial charge in [0.1, 0.15) is 0 Å². The molecule has 1 heterocycles. The summed E-state index contributed by atoms with van der Waals surface area (Å²) < 4.78 is 10.6. The van der Waals surface area contributed by atoms with Crippen LogP contribution >= 0.6 is 0 Å². The first-order valence-electron chi connectivity index (χ1n) is 6.53. The Morgan fingerprint density at radius 1 is 1.20 bits per heavy atom. The van der Waals surface area contributed by atoms with Gasteiger partial charge in [-0.15, -0.1) is 0 Å². The maximum Gasteiger partial charge on any atom is 0.303 e. The van der Waals surface area contributed by atoms with Gasteiger partial charge in [0.2, 0.25) is 12.7 Å². The van der Waals surface area contributed by atoms with Crippen molar-refractivity contribution in [1.82, 2.24) is 5.32 Å². The van der Waals surface area contributed by atoms with E-state index in [2.05, 4.69) is 5.32 Å². The van der Waals surface area contributed by atoms with Gasteiger partial charge in [0.25, 0.3) is 0 Å². The molecule has 0 atom stereocenters. The molecule has 1 aromatic rings. The zero-order chi connectivity index (χ0) is 14.4. The molecule has 2 rings (SSSR count). The van der Waals surface area contributed by atoms with Crippen molar-refractivity contribution in [2.24, 2.45) is 0 Å². The number of fused-ring (bicyclic) bond motifs is 1. The van der Waals surface area contributed by atoms with Crippen LogP contribution in [0.3, 0.4) is 0 Å². The summed E-state index contributed by atoms with van der Waals surface area (Å²) in [5.74, 6) is 0.450. The average molecular weight is 279 g/mol. The molecule has 2 N–H and O–H groups in total. The molecule has 0 spiro atoms. The summed E-state index contributed by atoms with van der Waals surface area (Å²) in [6.45, 7) is 0.583. The third-order valence-electron chi connectivity index (χ3n) is 3.00. The predicted molar refractivity (Wildman–Crippen MR) is 70.5 cm³/mol. The largest absolute Gasteiger partial charge is 0.481 e. The van der Waals surface area contributed by atoms with Crippen molar-refractivity contribution in [2.45, 2.75) is 32.2 Å². The molecule has 1 aliphatic rings. The van der Waals surface area contributed by atoms with Gasteiger partial charge in [-0.2, -0.15) is 0 Å². The van der Waals surface area contributed by atoms with Crippen LogP contribution in [-0.4, -0.2) is 23.8 Å². The molecule has 6 heteroatoms. The number of ether oxygens (including phenoxy) is 2. The van der Waals surface area contributed by atoms with Crippen molar-refractivity contribution < 1.29 is 24.2 Å². The lowest BCUT2D eigenvalue weighted by atomic mass is 10.1. The van der Waals surface area contributed by atoms with Crippen LogP contribution in [0.15, 0.2) is 18.2 Å². The highest BCUT2D eigenvalue weighted by atomic mass is 16.7. The summed E-state index contributed by atoms with van der Waals surface area (Å²) in [4.78, 5) is 22.0. The van der Waals surface area contributed by atoms with Crippen LogP contribution in [0.1, 0.15) is 31.2 Å². The number of nitrogens with one attached hydrogen (secondary N) is 1. The minimum absolute atomic E-state index is 0.0908. The SMILES string of the molecule is O=C(O)CCCCC(=O)NCc1cccc2c1OCO2. The van der Waals surface area contributed by atoms with Crippen LogP contribution in [0.5, 0.6) is 11.5 Å². The first-order valence-corrected chi connectivity index (χ1v) is 6.53. The van der Waals surface area contributed by atoms with Crippen molar-refractivity contribution in [3.05, 3.63) is 23.8 Å². The topological polar surface area (TPSA) is 84.9 Å². The second-order valence-corrected chi connectivity index (χ2v) is 4.53. The highest BCUT2D eigenvalue weighted by molar-refractivity contribution is 5.76. The van der Waals surface area contributed by atoms with Crippen molar-refractivity contribution >= 4 is 11.9 Å². The number of aliphatic carboxylic acids is 1. The molecule has 0 saturated heterocycles. The van der Waals surface area contributed by atoms with Crippen molar-refractivity contribution in [1.29, 1.82) is 0 Å². The van der Waals surface area contributed by atoms with Gasteiger partial charge in [0, 0.05) is 24.9 Å². The molecule has 0 saturated carbocycles. The quantitative estimate of drug-likeness (QED) is 0.742. The number of para-hydroxylation sites is 1. The van der Waals surface area contributed by atoms with Crippen LogP contribution in [0.4, 0.5) is 0 Å². The van der Waals surface area contributed by atoms with E-state index in [1.54, 1.807) is 0 Å². The third-order valence-corrected chi connectivity index (χ3v) is 3.00. The highest BCUT2D eigenvalue weighted by Crippen LogP contribution is 2.35. The smallest absolute Gasteiger partial charge is 0.303 e. The van der Waals surface area contributed by atoms with E-state index in [0.717, 1.165) is 5.56 Å². The van der Waals surface area contributed by atoms with Gasteiger partial charge < -0.3 is 19.9 Å². The zero-order valence-electron chi connectivity index (χ0n) is 11.1. The number of hydrogen-bond donors (Lipinski definition) is 2. The van der Waals surface area contributed by atoms with Crippen molar-refractivity contribution in [3.8, 4) is 11.5 Å². The molecule has 20 heavy (non-hydrogen) atoms. The minimum Gasteiger partial charge on any atom is -0.481 e. The Kier molecular flexibility index (Phi) is 4.81. The number of carboxylic acid groups (broad SMARTS) is 1. The first kappa shape index (κ1) is 14.2. The Morgan fingerprint density at radius 2 is 2.00 bits per heavy atom. The number of carboxylic acids is 1. The van der Waals surface area contributed by atoms with Gasteiger partial charge in [0.05, 0.1) is 0 Å². The van der Waals surface area contributed by atoms with Gasteiger partial charge in [0.15, 0.2) is 11.5 Å². The summed E-state index contributed by atoms with van der Waals surface area (Å²) in [5.41, 5.74) is 0.874. The van der Waals surface area contributed by atoms with E-state index in [1.165, 1.54) is 0 Å². The molecular formula is C14H17NO5. The van der Waals surface area contributed by atoms with Gasteiger partial charge in [-0.05, 0) is 18.9 Å². The third kappa shape index (κ3) is 3.88. The molecule has 1 aliphatic heterocycles. The molecule has 1 aromatic carbocycles. The van der Waals surface area contributed by atoms with Gasteiger partial charge >= 0.3 is 5.97 Å². The Hall–Kier alpha value is -2.24. The van der Waals surface area contributed by atoms with Crippen molar-refractivity contribution in [3.63, 3.8) is 0 Å². The van der Waals surface area contributed by atoms with Crippen LogP contribution in [0, 0.1) is 0 Å². The second-order valence-electron chi connectivity index (χ2n) is 4.53. The fourth-order valence-corrected chi connectivity index (χ4v) is 1.97. The Balaban J connectivity index is 1.74. The van der Waals surface area contributed by atoms with Crippen LogP contribution in [0.2, 0.25) is 0 Å². The Morgan fingerprint density at radius 3 is 2.80 bits per heavy atom. The van der Waals surface area contributed by atoms with E-state index in [-0.39, 0.29) is 19.1 Å². The number of carbonyl (C=O) groups excluding carboxylic acids is 1. The van der Waals surface area contributed by atoms with E-state index in [9.17, 15) is 9.59 Å². The van der Waals surface area contributed by atoms with Gasteiger partial charge in [-0.3, -0.25) is 9.59 Å². The number of rotatable bonds is 7. The van der Waals surface area contributed by atoms with E-state index in [1.807, 2.05) is 18.2 Å². The fraction of sp³-hybridized carbons (Fsp3) is 0.429. The standard InChI is InChI=1S/C14H17NO5/c16-12(6-1-2-7-13(17)18)15-8-10-4-3-5-11-14(10)20-9-19-11/h3-5H,1-2,6-9H2,(H,15,16)(H,17,18). The molecule has 1 amide bonds. The Labute approximate surface area is 116 Å². The molecule has 108 valence electrons. The molecule has 0 bridgehead atoms. The molecule has 0 fully saturated rings. The maximum atomic E-state index is 11.6. The van der Waals surface area contributed by atoms with E-state index in [4.69, 9.17) is 14.6 Å². The minimum atomic E-state index is -0.831. The van der Waals surface area contributed by atoms with E-state index < -0.39 is 5.97 Å². The fourth-order valence-electron chi connectivity index (χ4n) is 1.97. The van der Waals surface area contributed by atoms with Gasteiger partial charge in [-0.25, -0.2) is 0 Å². The number of unbranched alkanes of at least 4 members (excludes halogenated alkanes) is 1. The van der Waals surface area contributed by atoms with Gasteiger partial charge in [-0.1, -0.05) is 12.1 Å². The van der Waals surface area contributed by atoms with Crippen LogP contribution in [0.25, 0.3) is 0 Å². The molecule has 0 aromatic heterocycles. The van der Waals surface area contributed by atoms with E-state index in [0.29, 0.717) is 37.3 Å². The summed E-state index contributed by atoms with van der Waals surface area (Å²) in [7, 11) is 0. The number of amides is 1. The van der Waals surface area contributed by atoms with E-state index >= 15 is 0 Å². The lowest BCUT2D eigenvalue weighted by molar-refractivity contribution is -0.137. The summed E-state index contributed by atoms with van der Waals surface area (Å²) >= 11 is 0. The van der Waals surface area contributed by atoms with Crippen LogP contribution < -0.4 is 14.8 Å². The van der Waals surface area contributed by atoms with Crippen molar-refractivity contribution in [2.75, 3.05) is 6.79 Å². The molecule has 0 aliphatic carbocycles. The summed E-state index contributed by atoms with van der Waals surface area (Å²) in [6.07, 6.45) is 1.52. The number of hydrogen-bond acceptors (Lipinski definition) is 4. The lowest BCUT2D eigenvalue weighted by Crippen LogP contribution is -2.22. The highest BCUT2D eigenvalue weighted by Gasteiger charge is 2.17. The summed E-state index contributed by atoms with van der Waals surface area (Å²) in [6, 6.07) is 5.54. The zero-order valence-corrected chi connectivity index (χ0v) is 11.1. The summed E-state index contributed by atoms with van der Waals surface area (Å²) in [5, 5.41) is 11.3. The molecular weight excluding hydrogens is 262 g/mol. The monoisotopic (exact) mass is 279 g/mol. The lowest BCUT2D eigenvalue weighted by Gasteiger charge is -2.07. The Bertz CT molecular complexity index is 500. The number of carbonyl (C=O) groups is 2. The molecule has 0 radical (unpaired) electrons. The number of benzene rings is 1.